The number of alkyl halides is 3. The van der Waals surface area contributed by atoms with Crippen LogP contribution in [0.25, 0.3) is 0 Å². The number of halogens is 4. The van der Waals surface area contributed by atoms with Gasteiger partial charge < -0.3 is 15.2 Å². The zero-order valence-corrected chi connectivity index (χ0v) is 15.2. The summed E-state index contributed by atoms with van der Waals surface area (Å²) < 4.78 is 42.3. The maximum absolute atomic E-state index is 12.6. The predicted octanol–water partition coefficient (Wildman–Crippen LogP) is 3.31. The molecule has 0 spiro atoms. The second-order valence-electron chi connectivity index (χ2n) is 6.60. The van der Waals surface area contributed by atoms with Crippen LogP contribution in [0.15, 0.2) is 22.7 Å². The second kappa shape index (κ2) is 7.59. The third-order valence-corrected chi connectivity index (χ3v) is 4.57. The Morgan fingerprint density at radius 2 is 1.88 bits per heavy atom. The van der Waals surface area contributed by atoms with Crippen LogP contribution in [0.5, 0.6) is 5.75 Å². The Hall–Kier alpha value is -0.830. The fourth-order valence-corrected chi connectivity index (χ4v) is 3.61. The Balaban J connectivity index is 2.41. The van der Waals surface area contributed by atoms with Gasteiger partial charge in [-0.2, -0.15) is 0 Å². The first kappa shape index (κ1) is 19.5. The lowest BCUT2D eigenvalue weighted by molar-refractivity contribution is -0.274. The van der Waals surface area contributed by atoms with Gasteiger partial charge in [0.2, 0.25) is 0 Å². The van der Waals surface area contributed by atoms with E-state index in [9.17, 15) is 18.3 Å². The SMILES string of the molecule is CC(C)(CO)[C@H](c1cc(Br)cc(OC(F)(F)F)c1)N1CCNCC1. The largest absolute Gasteiger partial charge is 0.573 e. The van der Waals surface area contributed by atoms with Gasteiger partial charge in [-0.15, -0.1) is 13.2 Å². The number of ether oxygens (including phenoxy) is 1. The summed E-state index contributed by atoms with van der Waals surface area (Å²) in [6, 6.07) is 4.26. The van der Waals surface area contributed by atoms with Crippen LogP contribution in [0.1, 0.15) is 25.5 Å². The van der Waals surface area contributed by atoms with E-state index in [-0.39, 0.29) is 18.4 Å². The van der Waals surface area contributed by atoms with E-state index in [1.165, 1.54) is 12.1 Å². The standard InChI is InChI=1S/C16H22BrF3N2O2/c1-15(2,10-23)14(22-5-3-21-4-6-22)11-7-12(17)9-13(8-11)24-16(18,19)20/h7-9,14,21,23H,3-6,10H2,1-2H3/t14-/m0/s1. The van der Waals surface area contributed by atoms with Crippen LogP contribution in [0, 0.1) is 5.41 Å². The molecule has 136 valence electrons. The average Bonchev–Trinajstić information content (AvgIpc) is 2.46. The van der Waals surface area contributed by atoms with Crippen molar-refractivity contribution in [3.05, 3.63) is 28.2 Å². The van der Waals surface area contributed by atoms with Crippen molar-refractivity contribution in [2.45, 2.75) is 26.3 Å². The zero-order chi connectivity index (χ0) is 18.0. The summed E-state index contributed by atoms with van der Waals surface area (Å²) >= 11 is 3.26. The predicted molar refractivity (Wildman–Crippen MR) is 88.9 cm³/mol. The first-order valence-corrected chi connectivity index (χ1v) is 8.53. The Morgan fingerprint density at radius 3 is 2.42 bits per heavy atom. The minimum absolute atomic E-state index is 0.0798. The molecule has 24 heavy (non-hydrogen) atoms. The van der Waals surface area contributed by atoms with E-state index in [2.05, 4.69) is 30.9 Å². The number of piperazine rings is 1. The molecular formula is C16H22BrF3N2O2. The Morgan fingerprint density at radius 1 is 1.25 bits per heavy atom. The Kier molecular flexibility index (Phi) is 6.17. The molecule has 1 aliphatic heterocycles. The van der Waals surface area contributed by atoms with Gasteiger partial charge in [0.1, 0.15) is 5.75 Å². The maximum atomic E-state index is 12.6. The lowest BCUT2D eigenvalue weighted by Crippen LogP contribution is -2.49. The van der Waals surface area contributed by atoms with Crippen LogP contribution >= 0.6 is 15.9 Å². The monoisotopic (exact) mass is 410 g/mol. The van der Waals surface area contributed by atoms with Gasteiger partial charge in [0.05, 0.1) is 0 Å². The quantitative estimate of drug-likeness (QED) is 0.781. The van der Waals surface area contributed by atoms with Gasteiger partial charge >= 0.3 is 6.36 Å². The summed E-state index contributed by atoms with van der Waals surface area (Å²) in [4.78, 5) is 2.19. The molecular weight excluding hydrogens is 389 g/mol. The van der Waals surface area contributed by atoms with Gasteiger partial charge in [-0.1, -0.05) is 29.8 Å². The Bertz CT molecular complexity index is 561. The summed E-state index contributed by atoms with van der Waals surface area (Å²) in [6.07, 6.45) is -4.74. The molecule has 0 saturated carbocycles. The number of rotatable bonds is 5. The minimum Gasteiger partial charge on any atom is -0.406 e. The van der Waals surface area contributed by atoms with Crippen molar-refractivity contribution in [1.29, 1.82) is 0 Å². The number of nitrogens with one attached hydrogen (secondary N) is 1. The summed E-state index contributed by atoms with van der Waals surface area (Å²) in [5.74, 6) is -0.263. The van der Waals surface area contributed by atoms with E-state index in [1.807, 2.05) is 13.8 Å². The van der Waals surface area contributed by atoms with Gasteiger partial charge in [0.15, 0.2) is 0 Å². The molecule has 4 nitrogen and oxygen atoms in total. The van der Waals surface area contributed by atoms with Gasteiger partial charge in [-0.3, -0.25) is 4.90 Å². The molecule has 1 aliphatic rings. The van der Waals surface area contributed by atoms with Crippen molar-refractivity contribution in [2.75, 3.05) is 32.8 Å². The van der Waals surface area contributed by atoms with Crippen LogP contribution in [-0.4, -0.2) is 49.2 Å². The lowest BCUT2D eigenvalue weighted by atomic mass is 9.79. The summed E-state index contributed by atoms with van der Waals surface area (Å²) in [5.41, 5.74) is 0.165. The second-order valence-corrected chi connectivity index (χ2v) is 7.52. The van der Waals surface area contributed by atoms with Gasteiger partial charge in [0, 0.05) is 48.7 Å². The molecule has 0 bridgehead atoms. The van der Waals surface area contributed by atoms with E-state index in [0.717, 1.165) is 26.2 Å². The van der Waals surface area contributed by atoms with Crippen molar-refractivity contribution in [2.24, 2.45) is 5.41 Å². The summed E-state index contributed by atoms with van der Waals surface area (Å²) in [5, 5.41) is 13.1. The molecule has 0 unspecified atom stereocenters. The average molecular weight is 411 g/mol. The molecule has 1 fully saturated rings. The molecule has 1 saturated heterocycles. The Labute approximate surface area is 148 Å². The van der Waals surface area contributed by atoms with Crippen molar-refractivity contribution in [3.63, 3.8) is 0 Å². The molecule has 1 aromatic carbocycles. The number of hydrogen-bond acceptors (Lipinski definition) is 4. The highest BCUT2D eigenvalue weighted by Gasteiger charge is 2.37. The van der Waals surface area contributed by atoms with E-state index in [0.29, 0.717) is 10.0 Å². The molecule has 2 rings (SSSR count). The molecule has 0 amide bonds. The van der Waals surface area contributed by atoms with Crippen LogP contribution in [-0.2, 0) is 0 Å². The van der Waals surface area contributed by atoms with Crippen LogP contribution in [0.4, 0.5) is 13.2 Å². The molecule has 0 radical (unpaired) electrons. The van der Waals surface area contributed by atoms with E-state index in [4.69, 9.17) is 0 Å². The number of aliphatic hydroxyl groups is 1. The third-order valence-electron chi connectivity index (χ3n) is 4.11. The van der Waals surface area contributed by atoms with Gasteiger partial charge in [-0.25, -0.2) is 0 Å². The van der Waals surface area contributed by atoms with Gasteiger partial charge in [-0.05, 0) is 23.8 Å². The van der Waals surface area contributed by atoms with Crippen molar-refractivity contribution in [1.82, 2.24) is 10.2 Å². The van der Waals surface area contributed by atoms with Crippen molar-refractivity contribution in [3.8, 4) is 5.75 Å². The number of aliphatic hydroxyl groups excluding tert-OH is 1. The first-order chi connectivity index (χ1) is 11.1. The van der Waals surface area contributed by atoms with Crippen molar-refractivity contribution >= 4 is 15.9 Å². The molecule has 1 heterocycles. The van der Waals surface area contributed by atoms with Crippen LogP contribution in [0.3, 0.4) is 0 Å². The maximum Gasteiger partial charge on any atom is 0.573 e. The summed E-state index contributed by atoms with van der Waals surface area (Å²) in [7, 11) is 0. The van der Waals surface area contributed by atoms with Crippen LogP contribution in [0.2, 0.25) is 0 Å². The number of benzene rings is 1. The fourth-order valence-electron chi connectivity index (χ4n) is 3.12. The molecule has 0 aliphatic carbocycles. The van der Waals surface area contributed by atoms with Crippen molar-refractivity contribution < 1.29 is 23.0 Å². The number of nitrogens with zero attached hydrogens (tertiary/aromatic N) is 1. The lowest BCUT2D eigenvalue weighted by Gasteiger charge is -2.43. The zero-order valence-electron chi connectivity index (χ0n) is 13.7. The van der Waals surface area contributed by atoms with E-state index < -0.39 is 11.8 Å². The van der Waals surface area contributed by atoms with Gasteiger partial charge in [0.25, 0.3) is 0 Å². The van der Waals surface area contributed by atoms with E-state index in [1.54, 1.807) is 6.07 Å². The molecule has 0 aromatic heterocycles. The number of hydrogen-bond donors (Lipinski definition) is 2. The smallest absolute Gasteiger partial charge is 0.406 e. The third kappa shape index (κ3) is 5.08. The first-order valence-electron chi connectivity index (χ1n) is 7.74. The molecule has 2 N–H and O–H groups in total. The molecule has 1 atom stereocenters. The van der Waals surface area contributed by atoms with Crippen LogP contribution < -0.4 is 10.1 Å². The molecule has 1 aromatic rings. The highest BCUT2D eigenvalue weighted by atomic mass is 79.9. The molecule has 8 heteroatoms. The minimum atomic E-state index is -4.74. The normalized spacial score (nSPS) is 18.5. The fraction of sp³-hybridized carbons (Fsp3) is 0.625. The highest BCUT2D eigenvalue weighted by molar-refractivity contribution is 9.10. The highest BCUT2D eigenvalue weighted by Crippen LogP contribution is 2.41. The topological polar surface area (TPSA) is 44.7 Å². The van der Waals surface area contributed by atoms with E-state index >= 15 is 0 Å². The summed E-state index contributed by atoms with van der Waals surface area (Å²) in [6.45, 7) is 6.86.